The molecule has 2 nitrogen and oxygen atoms in total. The third kappa shape index (κ3) is 3.85. The van der Waals surface area contributed by atoms with Gasteiger partial charge in [-0.05, 0) is 44.5 Å². The smallest absolute Gasteiger partial charge is 0.192 e. The third-order valence-electron chi connectivity index (χ3n) is 1.91. The fourth-order valence-electron chi connectivity index (χ4n) is 1.23. The van der Waals surface area contributed by atoms with Gasteiger partial charge in [0.15, 0.2) is 24.0 Å². The van der Waals surface area contributed by atoms with E-state index in [1.807, 2.05) is 20.8 Å². The second-order valence-electron chi connectivity index (χ2n) is 3.91. The van der Waals surface area contributed by atoms with Crippen molar-refractivity contribution in [3.63, 3.8) is 0 Å². The molecule has 0 N–H and O–H groups in total. The molecule has 16 heavy (non-hydrogen) atoms. The molecule has 3 heteroatoms. The predicted octanol–water partition coefficient (Wildman–Crippen LogP) is 3.05. The van der Waals surface area contributed by atoms with Crippen LogP contribution >= 0.6 is 0 Å². The lowest BCUT2D eigenvalue weighted by atomic mass is 10.2. The lowest BCUT2D eigenvalue weighted by Crippen LogP contribution is -2.09. The molecule has 0 spiro atoms. The summed E-state index contributed by atoms with van der Waals surface area (Å²) in [5.74, 6) is -0.494. The number of rotatable bonds is 4. The number of carbonyl (C=O) groups excluding carboxylic acids is 1. The molecule has 86 valence electrons. The van der Waals surface area contributed by atoms with Gasteiger partial charge in [-0.25, -0.2) is 4.39 Å². The monoisotopic (exact) mass is 222 g/mol. The number of hydrogen-bond donors (Lipinski definition) is 0. The summed E-state index contributed by atoms with van der Waals surface area (Å²) in [6.07, 6.45) is 1.48. The van der Waals surface area contributed by atoms with E-state index in [1.54, 1.807) is 12.1 Å². The van der Waals surface area contributed by atoms with Crippen molar-refractivity contribution in [3.8, 4) is 5.75 Å². The Balaban J connectivity index is 2.64. The van der Waals surface area contributed by atoms with Crippen LogP contribution in [0.3, 0.4) is 0 Å². The van der Waals surface area contributed by atoms with Gasteiger partial charge in [0.1, 0.15) is 0 Å². The van der Waals surface area contributed by atoms with E-state index in [0.717, 1.165) is 11.1 Å². The predicted molar refractivity (Wildman–Crippen MR) is 61.1 cm³/mol. The van der Waals surface area contributed by atoms with Crippen LogP contribution in [0.1, 0.15) is 19.4 Å². The third-order valence-corrected chi connectivity index (χ3v) is 1.91. The van der Waals surface area contributed by atoms with E-state index in [2.05, 4.69) is 0 Å². The summed E-state index contributed by atoms with van der Waals surface area (Å²) < 4.78 is 18.3. The Labute approximate surface area is 94.7 Å². The number of ketones is 1. The molecule has 0 aliphatic carbocycles. The van der Waals surface area contributed by atoms with Gasteiger partial charge in [0.2, 0.25) is 0 Å². The summed E-state index contributed by atoms with van der Waals surface area (Å²) in [6, 6.07) is 4.56. The number of ether oxygens (including phenoxy) is 1. The molecule has 0 aliphatic rings. The Morgan fingerprint density at radius 3 is 2.75 bits per heavy atom. The first kappa shape index (κ1) is 12.4. The van der Waals surface area contributed by atoms with Gasteiger partial charge in [-0.15, -0.1) is 0 Å². The molecule has 1 rings (SSSR count). The Hall–Kier alpha value is -1.64. The van der Waals surface area contributed by atoms with E-state index in [9.17, 15) is 9.18 Å². The first-order valence-electron chi connectivity index (χ1n) is 5.05. The van der Waals surface area contributed by atoms with Gasteiger partial charge in [-0.3, -0.25) is 4.79 Å². The van der Waals surface area contributed by atoms with Gasteiger partial charge in [0.05, 0.1) is 0 Å². The van der Waals surface area contributed by atoms with Gasteiger partial charge in [0, 0.05) is 0 Å². The molecule has 0 saturated carbocycles. The van der Waals surface area contributed by atoms with Gasteiger partial charge in [-0.2, -0.15) is 0 Å². The minimum atomic E-state index is -0.449. The molecule has 0 bridgehead atoms. The molecule has 0 unspecified atom stereocenters. The zero-order valence-corrected chi connectivity index (χ0v) is 9.71. The van der Waals surface area contributed by atoms with Gasteiger partial charge in [-0.1, -0.05) is 11.6 Å². The summed E-state index contributed by atoms with van der Waals surface area (Å²) in [4.78, 5) is 11.3. The fraction of sp³-hybridized carbons (Fsp3) is 0.308. The lowest BCUT2D eigenvalue weighted by molar-refractivity contribution is -0.116. The number of allylic oxidation sites excluding steroid dienone is 1. The molecular formula is C13H15FO2. The Kier molecular flexibility index (Phi) is 4.23. The maximum Gasteiger partial charge on any atom is 0.192 e. The van der Waals surface area contributed by atoms with Crippen LogP contribution in [0.2, 0.25) is 0 Å². The molecule has 0 aromatic heterocycles. The minimum Gasteiger partial charge on any atom is -0.482 e. The van der Waals surface area contributed by atoms with E-state index < -0.39 is 5.82 Å². The number of aryl methyl sites for hydroxylation is 1. The van der Waals surface area contributed by atoms with Crippen LogP contribution in [-0.4, -0.2) is 12.4 Å². The highest BCUT2D eigenvalue weighted by Crippen LogP contribution is 2.18. The van der Waals surface area contributed by atoms with Crippen molar-refractivity contribution in [2.24, 2.45) is 0 Å². The molecule has 0 atom stereocenters. The summed E-state index contributed by atoms with van der Waals surface area (Å²) in [5, 5.41) is 0. The quantitative estimate of drug-likeness (QED) is 0.732. The molecule has 1 aromatic rings. The van der Waals surface area contributed by atoms with Crippen LogP contribution in [0.5, 0.6) is 5.75 Å². The SMILES string of the molecule is CC(C)=CC(=O)COc1cc(C)ccc1F. The van der Waals surface area contributed by atoms with E-state index >= 15 is 0 Å². The van der Waals surface area contributed by atoms with Crippen LogP contribution in [0.25, 0.3) is 0 Å². The van der Waals surface area contributed by atoms with Crippen molar-refractivity contribution in [3.05, 3.63) is 41.2 Å². The van der Waals surface area contributed by atoms with Crippen molar-refractivity contribution in [1.82, 2.24) is 0 Å². The number of benzene rings is 1. The maximum absolute atomic E-state index is 13.2. The lowest BCUT2D eigenvalue weighted by Gasteiger charge is -2.06. The number of hydrogen-bond acceptors (Lipinski definition) is 2. The van der Waals surface area contributed by atoms with Crippen molar-refractivity contribution in [2.75, 3.05) is 6.61 Å². The van der Waals surface area contributed by atoms with E-state index in [1.165, 1.54) is 12.1 Å². The Morgan fingerprint density at radius 2 is 2.12 bits per heavy atom. The molecule has 0 radical (unpaired) electrons. The molecule has 0 heterocycles. The first-order chi connectivity index (χ1) is 7.49. The van der Waals surface area contributed by atoms with Crippen molar-refractivity contribution >= 4 is 5.78 Å². The zero-order valence-electron chi connectivity index (χ0n) is 9.71. The summed E-state index contributed by atoms with van der Waals surface area (Å²) in [6.45, 7) is 5.35. The average molecular weight is 222 g/mol. The fourth-order valence-corrected chi connectivity index (χ4v) is 1.23. The highest BCUT2D eigenvalue weighted by Gasteiger charge is 2.05. The topological polar surface area (TPSA) is 26.3 Å². The molecular weight excluding hydrogens is 207 g/mol. The van der Waals surface area contributed by atoms with Gasteiger partial charge in [0.25, 0.3) is 0 Å². The molecule has 0 saturated heterocycles. The Morgan fingerprint density at radius 1 is 1.44 bits per heavy atom. The molecule has 0 fully saturated rings. The molecule has 1 aromatic carbocycles. The van der Waals surface area contributed by atoms with Crippen LogP contribution in [0, 0.1) is 12.7 Å². The molecule has 0 aliphatic heterocycles. The number of carbonyl (C=O) groups is 1. The Bertz CT molecular complexity index is 418. The zero-order chi connectivity index (χ0) is 12.1. The average Bonchev–Trinajstić information content (AvgIpc) is 2.18. The summed E-state index contributed by atoms with van der Waals surface area (Å²) >= 11 is 0. The van der Waals surface area contributed by atoms with Crippen LogP contribution in [0.4, 0.5) is 4.39 Å². The highest BCUT2D eigenvalue weighted by atomic mass is 19.1. The number of halogens is 1. The van der Waals surface area contributed by atoms with Gasteiger partial charge < -0.3 is 4.74 Å². The summed E-state index contributed by atoms with van der Waals surface area (Å²) in [7, 11) is 0. The largest absolute Gasteiger partial charge is 0.482 e. The van der Waals surface area contributed by atoms with Crippen molar-refractivity contribution < 1.29 is 13.9 Å². The minimum absolute atomic E-state index is 0.121. The standard InChI is InChI=1S/C13H15FO2/c1-9(2)6-11(15)8-16-13-7-10(3)4-5-12(13)14/h4-7H,8H2,1-3H3. The first-order valence-corrected chi connectivity index (χ1v) is 5.05. The van der Waals surface area contributed by atoms with E-state index in [-0.39, 0.29) is 18.1 Å². The van der Waals surface area contributed by atoms with Crippen LogP contribution < -0.4 is 4.74 Å². The second kappa shape index (κ2) is 5.45. The van der Waals surface area contributed by atoms with Gasteiger partial charge >= 0.3 is 0 Å². The van der Waals surface area contributed by atoms with Crippen molar-refractivity contribution in [1.29, 1.82) is 0 Å². The van der Waals surface area contributed by atoms with Crippen LogP contribution in [-0.2, 0) is 4.79 Å². The van der Waals surface area contributed by atoms with Crippen molar-refractivity contribution in [2.45, 2.75) is 20.8 Å². The summed E-state index contributed by atoms with van der Waals surface area (Å²) in [5.41, 5.74) is 1.80. The van der Waals surface area contributed by atoms with Crippen LogP contribution in [0.15, 0.2) is 29.8 Å². The highest BCUT2D eigenvalue weighted by molar-refractivity contribution is 5.91. The second-order valence-corrected chi connectivity index (χ2v) is 3.91. The van der Waals surface area contributed by atoms with E-state index in [4.69, 9.17) is 4.74 Å². The maximum atomic E-state index is 13.2. The normalized spacial score (nSPS) is 9.75. The molecule has 0 amide bonds. The van der Waals surface area contributed by atoms with E-state index in [0.29, 0.717) is 0 Å².